The van der Waals surface area contributed by atoms with Crippen LogP contribution in [0.5, 0.6) is 5.75 Å². The highest BCUT2D eigenvalue weighted by molar-refractivity contribution is 5.35. The van der Waals surface area contributed by atoms with Gasteiger partial charge < -0.3 is 19.3 Å². The Morgan fingerprint density at radius 3 is 2.74 bits per heavy atom. The molecule has 1 saturated heterocycles. The van der Waals surface area contributed by atoms with Gasteiger partial charge >= 0.3 is 0 Å². The van der Waals surface area contributed by atoms with Gasteiger partial charge in [-0.25, -0.2) is 0 Å². The Labute approximate surface area is 114 Å². The molecule has 1 atom stereocenters. The second-order valence-corrected chi connectivity index (χ2v) is 4.80. The molecule has 4 nitrogen and oxygen atoms in total. The number of aliphatic hydroxyl groups excluding tert-OH is 1. The first kappa shape index (κ1) is 14.3. The smallest absolute Gasteiger partial charge is 0.124 e. The molecule has 0 radical (unpaired) electrons. The van der Waals surface area contributed by atoms with Crippen LogP contribution in [0.4, 0.5) is 0 Å². The van der Waals surface area contributed by atoms with Crippen molar-refractivity contribution in [3.8, 4) is 5.75 Å². The summed E-state index contributed by atoms with van der Waals surface area (Å²) in [5, 5.41) is 9.52. The Kier molecular flexibility index (Phi) is 5.63. The lowest BCUT2D eigenvalue weighted by atomic mass is 10.0. The van der Waals surface area contributed by atoms with Gasteiger partial charge in [0.2, 0.25) is 0 Å². The number of rotatable bonds is 6. The maximum Gasteiger partial charge on any atom is 0.124 e. The molecule has 0 amide bonds. The Hall–Kier alpha value is -1.10. The third-order valence-corrected chi connectivity index (χ3v) is 3.53. The van der Waals surface area contributed by atoms with Gasteiger partial charge in [0.1, 0.15) is 11.9 Å². The Morgan fingerprint density at radius 1 is 1.32 bits per heavy atom. The highest BCUT2D eigenvalue weighted by atomic mass is 16.5. The van der Waals surface area contributed by atoms with E-state index in [4.69, 9.17) is 14.2 Å². The minimum Gasteiger partial charge on any atom is -0.496 e. The van der Waals surface area contributed by atoms with Crippen LogP contribution in [-0.4, -0.2) is 38.6 Å². The average Bonchev–Trinajstić information content (AvgIpc) is 2.49. The van der Waals surface area contributed by atoms with Crippen molar-refractivity contribution in [2.75, 3.05) is 33.5 Å². The number of methoxy groups -OCH3 is 1. The summed E-state index contributed by atoms with van der Waals surface area (Å²) in [5.41, 5.74) is 0.902. The number of ether oxygens (including phenoxy) is 3. The number of hydrogen-bond acceptors (Lipinski definition) is 4. The van der Waals surface area contributed by atoms with Crippen LogP contribution in [0.25, 0.3) is 0 Å². The molecule has 1 N–H and O–H groups in total. The largest absolute Gasteiger partial charge is 0.496 e. The van der Waals surface area contributed by atoms with Crippen LogP contribution in [0.3, 0.4) is 0 Å². The fraction of sp³-hybridized carbons (Fsp3) is 0.600. The molecule has 106 valence electrons. The molecule has 4 heteroatoms. The van der Waals surface area contributed by atoms with E-state index in [1.807, 2.05) is 24.3 Å². The Bertz CT molecular complexity index is 374. The zero-order chi connectivity index (χ0) is 13.5. The maximum atomic E-state index is 9.52. The van der Waals surface area contributed by atoms with Crippen molar-refractivity contribution < 1.29 is 19.3 Å². The molecule has 19 heavy (non-hydrogen) atoms. The van der Waals surface area contributed by atoms with Crippen molar-refractivity contribution in [3.63, 3.8) is 0 Å². The van der Waals surface area contributed by atoms with Crippen molar-refractivity contribution >= 4 is 0 Å². The normalized spacial score (nSPS) is 18.2. The summed E-state index contributed by atoms with van der Waals surface area (Å²) < 4.78 is 16.5. The quantitative estimate of drug-likeness (QED) is 0.857. The third-order valence-electron chi connectivity index (χ3n) is 3.53. The predicted molar refractivity (Wildman–Crippen MR) is 72.3 cm³/mol. The Morgan fingerprint density at radius 2 is 2.05 bits per heavy atom. The summed E-state index contributed by atoms with van der Waals surface area (Å²) >= 11 is 0. The summed E-state index contributed by atoms with van der Waals surface area (Å²) in [6.45, 7) is 2.25. The molecule has 0 saturated carbocycles. The summed E-state index contributed by atoms with van der Waals surface area (Å²) in [6, 6.07) is 7.66. The molecule has 1 aromatic rings. The van der Waals surface area contributed by atoms with Crippen LogP contribution in [0.2, 0.25) is 0 Å². The number of hydrogen-bond donors (Lipinski definition) is 1. The first-order valence-corrected chi connectivity index (χ1v) is 6.78. The van der Waals surface area contributed by atoms with Crippen LogP contribution in [0.15, 0.2) is 24.3 Å². The summed E-state index contributed by atoms with van der Waals surface area (Å²) in [5.74, 6) is 1.28. The fourth-order valence-electron chi connectivity index (χ4n) is 2.34. The molecule has 2 rings (SSSR count). The van der Waals surface area contributed by atoms with Crippen LogP contribution in [0.1, 0.15) is 24.5 Å². The van der Waals surface area contributed by atoms with E-state index in [9.17, 15) is 5.11 Å². The highest BCUT2D eigenvalue weighted by Crippen LogP contribution is 2.28. The summed E-state index contributed by atoms with van der Waals surface area (Å²) in [6.07, 6.45) is 1.74. The molecule has 0 aromatic heterocycles. The van der Waals surface area contributed by atoms with Gasteiger partial charge in [0.05, 0.1) is 20.3 Å². The van der Waals surface area contributed by atoms with Crippen molar-refractivity contribution in [1.29, 1.82) is 0 Å². The summed E-state index contributed by atoms with van der Waals surface area (Å²) in [7, 11) is 1.63. The fourth-order valence-corrected chi connectivity index (χ4v) is 2.34. The van der Waals surface area contributed by atoms with Gasteiger partial charge in [-0.15, -0.1) is 0 Å². The van der Waals surface area contributed by atoms with E-state index >= 15 is 0 Å². The zero-order valence-electron chi connectivity index (χ0n) is 11.4. The molecule has 1 fully saturated rings. The van der Waals surface area contributed by atoms with E-state index in [2.05, 4.69) is 0 Å². The van der Waals surface area contributed by atoms with E-state index in [-0.39, 0.29) is 12.7 Å². The minimum absolute atomic E-state index is 0.0381. The van der Waals surface area contributed by atoms with Gasteiger partial charge in [0.25, 0.3) is 0 Å². The number of aliphatic hydroxyl groups is 1. The number of para-hydroxylation sites is 1. The molecule has 1 aliphatic rings. The van der Waals surface area contributed by atoms with Crippen molar-refractivity contribution in [1.82, 2.24) is 0 Å². The van der Waals surface area contributed by atoms with Gasteiger partial charge in [-0.05, 0) is 24.8 Å². The van der Waals surface area contributed by atoms with E-state index in [1.54, 1.807) is 7.11 Å². The van der Waals surface area contributed by atoms with Crippen molar-refractivity contribution in [2.45, 2.75) is 18.9 Å². The van der Waals surface area contributed by atoms with Gasteiger partial charge in [-0.3, -0.25) is 0 Å². The lowest BCUT2D eigenvalue weighted by Gasteiger charge is -2.25. The minimum atomic E-state index is -0.320. The first-order chi connectivity index (χ1) is 9.35. The molecule has 0 aliphatic carbocycles. The van der Waals surface area contributed by atoms with Crippen LogP contribution in [0, 0.1) is 5.92 Å². The van der Waals surface area contributed by atoms with E-state index in [0.717, 1.165) is 37.4 Å². The monoisotopic (exact) mass is 266 g/mol. The molecule has 1 heterocycles. The molecule has 1 aliphatic heterocycles. The van der Waals surface area contributed by atoms with Crippen molar-refractivity contribution in [3.05, 3.63) is 29.8 Å². The van der Waals surface area contributed by atoms with Gasteiger partial charge in [-0.1, -0.05) is 18.2 Å². The molecular weight excluding hydrogens is 244 g/mol. The zero-order valence-corrected chi connectivity index (χ0v) is 11.4. The van der Waals surface area contributed by atoms with Gasteiger partial charge in [-0.2, -0.15) is 0 Å². The second-order valence-electron chi connectivity index (χ2n) is 4.80. The molecule has 0 spiro atoms. The van der Waals surface area contributed by atoms with E-state index < -0.39 is 0 Å². The third kappa shape index (κ3) is 3.93. The topological polar surface area (TPSA) is 47.9 Å². The number of benzene rings is 1. The molecule has 1 aromatic carbocycles. The highest BCUT2D eigenvalue weighted by Gasteiger charge is 2.19. The van der Waals surface area contributed by atoms with Crippen LogP contribution < -0.4 is 4.74 Å². The van der Waals surface area contributed by atoms with Crippen LogP contribution in [-0.2, 0) is 9.47 Å². The predicted octanol–water partition coefficient (Wildman–Crippen LogP) is 2.17. The molecular formula is C15H22O4. The van der Waals surface area contributed by atoms with Crippen LogP contribution >= 0.6 is 0 Å². The lowest BCUT2D eigenvalue weighted by Crippen LogP contribution is -2.22. The van der Waals surface area contributed by atoms with Gasteiger partial charge in [0.15, 0.2) is 0 Å². The average molecular weight is 266 g/mol. The standard InChI is InChI=1S/C15H22O4/c1-17-14-5-3-2-4-13(14)15(10-16)19-11-12-6-8-18-9-7-12/h2-5,12,15-16H,6-11H2,1H3/t15-/m0/s1. The van der Waals surface area contributed by atoms with E-state index in [0.29, 0.717) is 12.5 Å². The molecule has 0 bridgehead atoms. The van der Waals surface area contributed by atoms with Gasteiger partial charge in [0, 0.05) is 18.8 Å². The molecule has 0 unspecified atom stereocenters. The second kappa shape index (κ2) is 7.48. The SMILES string of the molecule is COc1ccccc1[C@H](CO)OCC1CCOCC1. The summed E-state index contributed by atoms with van der Waals surface area (Å²) in [4.78, 5) is 0. The Balaban J connectivity index is 1.95. The van der Waals surface area contributed by atoms with E-state index in [1.165, 1.54) is 0 Å². The lowest BCUT2D eigenvalue weighted by molar-refractivity contribution is -0.0321. The maximum absolute atomic E-state index is 9.52. The van der Waals surface area contributed by atoms with Crippen molar-refractivity contribution in [2.24, 2.45) is 5.92 Å². The first-order valence-electron chi connectivity index (χ1n) is 6.78.